The SMILES string of the molecule is [B]C(N/C(NC(=O)C(=NCCOCCO)C(C)=CN)=C(\C)CC)c1ccc(Cl)c(Cl)c1. The second-order valence-corrected chi connectivity index (χ2v) is 7.49. The van der Waals surface area contributed by atoms with Crippen LogP contribution in [-0.4, -0.2) is 50.9 Å². The molecule has 2 radical (unpaired) electrons. The predicted octanol–water partition coefficient (Wildman–Crippen LogP) is 2.82. The van der Waals surface area contributed by atoms with Crippen LogP contribution in [0.5, 0.6) is 0 Å². The molecule has 1 amide bonds. The lowest BCUT2D eigenvalue weighted by Gasteiger charge is -2.22. The van der Waals surface area contributed by atoms with Crippen molar-refractivity contribution < 1.29 is 14.6 Å². The van der Waals surface area contributed by atoms with Crippen LogP contribution in [0.3, 0.4) is 0 Å². The number of aliphatic hydroxyl groups is 1. The molecule has 1 atom stereocenters. The van der Waals surface area contributed by atoms with Crippen molar-refractivity contribution in [3.8, 4) is 0 Å². The zero-order valence-electron chi connectivity index (χ0n) is 18.0. The summed E-state index contributed by atoms with van der Waals surface area (Å²) in [5, 5.41) is 15.5. The lowest BCUT2D eigenvalue weighted by molar-refractivity contribution is -0.114. The number of nitrogens with zero attached hydrogens (tertiary/aromatic N) is 1. The molecule has 10 heteroatoms. The molecule has 0 fully saturated rings. The number of allylic oxidation sites excluding steroid dienone is 1. The molecule has 1 unspecified atom stereocenters. The number of aliphatic imine (C=N–C) groups is 1. The van der Waals surface area contributed by atoms with Crippen molar-refractivity contribution in [1.29, 1.82) is 0 Å². The molecule has 0 aliphatic carbocycles. The van der Waals surface area contributed by atoms with Gasteiger partial charge in [-0.3, -0.25) is 9.79 Å². The average Bonchev–Trinajstić information content (AvgIpc) is 2.76. The van der Waals surface area contributed by atoms with Gasteiger partial charge in [-0.1, -0.05) is 36.2 Å². The van der Waals surface area contributed by atoms with E-state index in [1.54, 1.807) is 25.1 Å². The lowest BCUT2D eigenvalue weighted by Crippen LogP contribution is -2.39. The van der Waals surface area contributed by atoms with E-state index in [4.69, 9.17) is 46.6 Å². The number of hydrogen-bond acceptors (Lipinski definition) is 6. The third-order valence-corrected chi connectivity index (χ3v) is 5.12. The average molecular weight is 467 g/mol. The van der Waals surface area contributed by atoms with Gasteiger partial charge in [0.25, 0.3) is 5.91 Å². The second-order valence-electron chi connectivity index (χ2n) is 6.67. The maximum atomic E-state index is 12.9. The van der Waals surface area contributed by atoms with Crippen LogP contribution in [0.2, 0.25) is 10.0 Å². The molecule has 1 rings (SSSR count). The third-order valence-electron chi connectivity index (χ3n) is 4.38. The Hall–Kier alpha value is -2.00. The minimum Gasteiger partial charge on any atom is -0.404 e. The van der Waals surface area contributed by atoms with Crippen LogP contribution in [0.15, 0.2) is 46.4 Å². The van der Waals surface area contributed by atoms with E-state index < -0.39 is 11.8 Å². The minimum atomic E-state index is -0.634. The molecule has 0 saturated heterocycles. The van der Waals surface area contributed by atoms with Gasteiger partial charge in [-0.15, -0.1) is 0 Å². The fraction of sp³-hybridized carbons (Fsp3) is 0.429. The van der Waals surface area contributed by atoms with Crippen LogP contribution in [0.4, 0.5) is 0 Å². The molecule has 1 aromatic rings. The van der Waals surface area contributed by atoms with E-state index in [9.17, 15) is 4.79 Å². The number of rotatable bonds is 12. The fourth-order valence-electron chi connectivity index (χ4n) is 2.40. The summed E-state index contributed by atoms with van der Waals surface area (Å²) in [7, 11) is 6.27. The Bertz CT molecular complexity index is 844. The summed E-state index contributed by atoms with van der Waals surface area (Å²) in [4.78, 5) is 17.2. The number of ether oxygens (including phenoxy) is 1. The minimum absolute atomic E-state index is 0.0754. The van der Waals surface area contributed by atoms with E-state index in [0.29, 0.717) is 33.4 Å². The highest BCUT2D eigenvalue weighted by atomic mass is 35.5. The van der Waals surface area contributed by atoms with Gasteiger partial charge in [0.15, 0.2) is 0 Å². The van der Waals surface area contributed by atoms with Crippen molar-refractivity contribution in [2.24, 2.45) is 10.7 Å². The monoisotopic (exact) mass is 466 g/mol. The topological polar surface area (TPSA) is 109 Å². The van der Waals surface area contributed by atoms with Crippen LogP contribution in [0.25, 0.3) is 0 Å². The molecule has 0 bridgehead atoms. The van der Waals surface area contributed by atoms with E-state index >= 15 is 0 Å². The van der Waals surface area contributed by atoms with Crippen LogP contribution in [0, 0.1) is 0 Å². The summed E-state index contributed by atoms with van der Waals surface area (Å²) in [5.74, 6) is -0.594. The van der Waals surface area contributed by atoms with E-state index in [0.717, 1.165) is 5.57 Å². The normalized spacial score (nSPS) is 14.1. The van der Waals surface area contributed by atoms with Gasteiger partial charge in [-0.05, 0) is 55.3 Å². The van der Waals surface area contributed by atoms with E-state index in [-0.39, 0.29) is 32.1 Å². The number of nitrogens with one attached hydrogen (secondary N) is 2. The number of amides is 1. The van der Waals surface area contributed by atoms with E-state index in [1.807, 2.05) is 13.8 Å². The second kappa shape index (κ2) is 14.1. The molecule has 0 aliphatic rings. The number of benzene rings is 1. The predicted molar refractivity (Wildman–Crippen MR) is 127 cm³/mol. The molecule has 1 aromatic carbocycles. The largest absolute Gasteiger partial charge is 0.404 e. The van der Waals surface area contributed by atoms with Crippen LogP contribution >= 0.6 is 23.2 Å². The molecule has 5 N–H and O–H groups in total. The summed E-state index contributed by atoms with van der Waals surface area (Å²) >= 11 is 12.1. The smallest absolute Gasteiger partial charge is 0.275 e. The molecule has 0 aromatic heterocycles. The molecule has 168 valence electrons. The molecule has 0 spiro atoms. The van der Waals surface area contributed by atoms with Crippen LogP contribution in [0.1, 0.15) is 38.7 Å². The third kappa shape index (κ3) is 8.95. The molecule has 7 nitrogen and oxygen atoms in total. The molecular weight excluding hydrogens is 438 g/mol. The number of hydrogen-bond donors (Lipinski definition) is 4. The first-order chi connectivity index (χ1) is 14.7. The van der Waals surface area contributed by atoms with Crippen LogP contribution in [-0.2, 0) is 9.53 Å². The molecule has 0 saturated carbocycles. The first-order valence-electron chi connectivity index (χ1n) is 9.85. The zero-order chi connectivity index (χ0) is 23.4. The van der Waals surface area contributed by atoms with E-state index in [1.165, 1.54) is 6.20 Å². The molecule has 0 heterocycles. The number of aliphatic hydroxyl groups excluding tert-OH is 1. The quantitative estimate of drug-likeness (QED) is 0.215. The van der Waals surface area contributed by atoms with Crippen molar-refractivity contribution in [1.82, 2.24) is 10.6 Å². The Morgan fingerprint density at radius 3 is 2.61 bits per heavy atom. The Morgan fingerprint density at radius 1 is 1.32 bits per heavy atom. The summed E-state index contributed by atoms with van der Waals surface area (Å²) < 4.78 is 5.18. The van der Waals surface area contributed by atoms with Crippen LogP contribution < -0.4 is 16.4 Å². The van der Waals surface area contributed by atoms with Crippen molar-refractivity contribution in [2.45, 2.75) is 33.1 Å². The summed E-state index contributed by atoms with van der Waals surface area (Å²) in [5.41, 5.74) is 7.90. The maximum absolute atomic E-state index is 12.9. The molecule has 31 heavy (non-hydrogen) atoms. The first-order valence-corrected chi connectivity index (χ1v) is 10.6. The van der Waals surface area contributed by atoms with Gasteiger partial charge in [0.2, 0.25) is 0 Å². The first kappa shape index (κ1) is 27.0. The highest BCUT2D eigenvalue weighted by molar-refractivity contribution is 6.45. The summed E-state index contributed by atoms with van der Waals surface area (Å²) in [6, 6.07) is 5.09. The fourth-order valence-corrected chi connectivity index (χ4v) is 2.71. The van der Waals surface area contributed by atoms with Crippen molar-refractivity contribution in [3.63, 3.8) is 0 Å². The van der Waals surface area contributed by atoms with E-state index in [2.05, 4.69) is 15.6 Å². The number of carbonyl (C=O) groups excluding carboxylic acids is 1. The Kier molecular flexibility index (Phi) is 12.3. The Morgan fingerprint density at radius 2 is 2.03 bits per heavy atom. The highest BCUT2D eigenvalue weighted by Crippen LogP contribution is 2.25. The Balaban J connectivity index is 3.01. The van der Waals surface area contributed by atoms with Gasteiger partial charge in [-0.2, -0.15) is 0 Å². The van der Waals surface area contributed by atoms with Gasteiger partial charge in [0.05, 0.1) is 36.4 Å². The van der Waals surface area contributed by atoms with Crippen molar-refractivity contribution in [3.05, 3.63) is 57.0 Å². The number of carbonyl (C=O) groups is 1. The van der Waals surface area contributed by atoms with Crippen molar-refractivity contribution >= 4 is 42.7 Å². The maximum Gasteiger partial charge on any atom is 0.275 e. The van der Waals surface area contributed by atoms with Gasteiger partial charge in [0.1, 0.15) is 19.4 Å². The number of halogens is 2. The standard InChI is InChI=1S/C21H29BCl2N4O3/c1-4-13(2)20(27-19(22)15-5-6-16(23)17(24)11-15)28-21(30)18(14(3)12-25)26-7-9-31-10-8-29/h5-6,11-12,19,27,29H,4,7-10,25H2,1-3H3,(H,28,30)/b14-12?,20-13-,26-18?. The highest BCUT2D eigenvalue weighted by Gasteiger charge is 2.17. The van der Waals surface area contributed by atoms with Gasteiger partial charge >= 0.3 is 0 Å². The lowest BCUT2D eigenvalue weighted by atomic mass is 9.89. The van der Waals surface area contributed by atoms with Gasteiger partial charge in [-0.25, -0.2) is 0 Å². The number of nitrogens with two attached hydrogens (primary N) is 1. The van der Waals surface area contributed by atoms with Gasteiger partial charge < -0.3 is 26.2 Å². The van der Waals surface area contributed by atoms with Crippen molar-refractivity contribution in [2.75, 3.05) is 26.4 Å². The zero-order valence-corrected chi connectivity index (χ0v) is 19.6. The molecule has 0 aliphatic heterocycles. The summed E-state index contributed by atoms with van der Waals surface area (Å²) in [6.45, 7) is 6.19. The van der Waals surface area contributed by atoms with Gasteiger partial charge in [0, 0.05) is 5.94 Å². The molecular formula is C21H29BCl2N4O3. The Labute approximate surface area is 195 Å². The summed E-state index contributed by atoms with van der Waals surface area (Å²) in [6.07, 6.45) is 2.00.